The van der Waals surface area contributed by atoms with Crippen molar-refractivity contribution < 1.29 is 50.7 Å². The van der Waals surface area contributed by atoms with E-state index in [1.807, 2.05) is 0 Å². The Morgan fingerprint density at radius 2 is 1.61 bits per heavy atom. The van der Waals surface area contributed by atoms with E-state index in [1.54, 1.807) is 0 Å². The van der Waals surface area contributed by atoms with Gasteiger partial charge in [0.25, 0.3) is 11.4 Å². The normalized spacial score (nSPS) is 15.1. The van der Waals surface area contributed by atoms with E-state index in [0.29, 0.717) is 0 Å². The molecule has 1 heterocycles. The minimum Gasteiger partial charge on any atom is -0.743 e. The average Bonchev–Trinajstić information content (AvgIpc) is 2.74. The van der Waals surface area contributed by atoms with Gasteiger partial charge >= 0.3 is 17.3 Å². The van der Waals surface area contributed by atoms with E-state index in [-0.39, 0.29) is 25.9 Å². The number of nitrogens with zero attached hydrogens (tertiary/aromatic N) is 3. The summed E-state index contributed by atoms with van der Waals surface area (Å²) in [7, 11) is -6.01. The molecule has 2 rings (SSSR count). The van der Waals surface area contributed by atoms with Gasteiger partial charge in [0.05, 0.1) is 15.8 Å². The van der Waals surface area contributed by atoms with Crippen LogP contribution >= 0.6 is 0 Å². The highest BCUT2D eigenvalue weighted by atomic mass is 32.2. The van der Waals surface area contributed by atoms with Gasteiger partial charge in [0.15, 0.2) is 16.7 Å². The van der Waals surface area contributed by atoms with Crippen LogP contribution in [0.2, 0.25) is 0 Å². The molecule has 0 atom stereocenters. The first-order valence-corrected chi connectivity index (χ1v) is 10.5. The molecule has 0 aliphatic carbocycles. The number of halogens is 2. The summed E-state index contributed by atoms with van der Waals surface area (Å²) in [5.74, 6) is -2.14. The zero-order chi connectivity index (χ0) is 25.0. The SMILES string of the molecule is O=C(OCC(F)(F)S(=O)(=O)[O-])C1CCN(C(=O)OCc2c([N+](=O)[O-])cccc2[N+](=O)[O-])CC1. The highest BCUT2D eigenvalue weighted by Gasteiger charge is 2.40. The van der Waals surface area contributed by atoms with Crippen molar-refractivity contribution in [3.05, 3.63) is 44.0 Å². The summed E-state index contributed by atoms with van der Waals surface area (Å²) >= 11 is 0. The Balaban J connectivity index is 1.92. The van der Waals surface area contributed by atoms with Gasteiger partial charge in [-0.25, -0.2) is 13.2 Å². The Bertz CT molecular complexity index is 1020. The van der Waals surface area contributed by atoms with Crippen molar-refractivity contribution >= 4 is 33.6 Å². The Morgan fingerprint density at radius 3 is 2.06 bits per heavy atom. The van der Waals surface area contributed by atoms with Gasteiger partial charge in [-0.1, -0.05) is 0 Å². The maximum atomic E-state index is 13.1. The van der Waals surface area contributed by atoms with Gasteiger partial charge < -0.3 is 18.9 Å². The van der Waals surface area contributed by atoms with E-state index >= 15 is 0 Å². The molecule has 0 saturated carbocycles. The minimum absolute atomic E-state index is 0.0741. The summed E-state index contributed by atoms with van der Waals surface area (Å²) in [5, 5.41) is 17.4. The third kappa shape index (κ3) is 6.28. The number of nitro groups is 2. The van der Waals surface area contributed by atoms with E-state index in [2.05, 4.69) is 4.74 Å². The molecule has 0 N–H and O–H groups in total. The molecule has 0 bridgehead atoms. The average molecular weight is 496 g/mol. The number of carbonyl (C=O) groups excluding carboxylic acids is 2. The molecule has 1 aromatic rings. The van der Waals surface area contributed by atoms with Gasteiger partial charge in [-0.15, -0.1) is 0 Å². The van der Waals surface area contributed by atoms with Crippen LogP contribution in [0.25, 0.3) is 0 Å². The quantitative estimate of drug-likeness (QED) is 0.219. The lowest BCUT2D eigenvalue weighted by Crippen LogP contribution is -2.42. The molecule has 1 aliphatic rings. The van der Waals surface area contributed by atoms with Crippen LogP contribution in [-0.2, 0) is 31.0 Å². The fraction of sp³-hybridized carbons (Fsp3) is 0.500. The third-order valence-electron chi connectivity index (χ3n) is 4.69. The first-order chi connectivity index (χ1) is 15.2. The standard InChI is InChI=1S/C16H17F2N3O11S/c17-16(18,33(28,29)30)9-32-14(22)10-4-6-19(7-5-10)15(23)31-8-11-12(20(24)25)2-1-3-13(11)21(26)27/h1-3,10H,4-9H2,(H,28,29,30)/p-1. The van der Waals surface area contributed by atoms with Gasteiger partial charge in [-0.3, -0.25) is 25.0 Å². The van der Waals surface area contributed by atoms with Crippen molar-refractivity contribution in [2.24, 2.45) is 5.92 Å². The van der Waals surface area contributed by atoms with Crippen molar-refractivity contribution in [2.45, 2.75) is 24.7 Å². The molecule has 1 aromatic carbocycles. The molecule has 33 heavy (non-hydrogen) atoms. The van der Waals surface area contributed by atoms with E-state index in [4.69, 9.17) is 4.74 Å². The van der Waals surface area contributed by atoms with Gasteiger partial charge in [-0.05, 0) is 18.9 Å². The summed E-state index contributed by atoms with van der Waals surface area (Å²) in [4.78, 5) is 45.6. The maximum absolute atomic E-state index is 13.1. The highest BCUT2D eigenvalue weighted by Crippen LogP contribution is 2.29. The predicted molar refractivity (Wildman–Crippen MR) is 99.8 cm³/mol. The number of ether oxygens (including phenoxy) is 2. The molecule has 1 amide bonds. The first-order valence-electron chi connectivity index (χ1n) is 9.07. The summed E-state index contributed by atoms with van der Waals surface area (Å²) in [6.07, 6.45) is -1.14. The molecular weight excluding hydrogens is 480 g/mol. The van der Waals surface area contributed by atoms with Crippen LogP contribution in [0.3, 0.4) is 0 Å². The zero-order valence-corrected chi connectivity index (χ0v) is 17.4. The number of benzene rings is 1. The molecule has 0 unspecified atom stereocenters. The van der Waals surface area contributed by atoms with Gasteiger partial charge in [0.2, 0.25) is 0 Å². The number of piperidine rings is 1. The number of hydrogen-bond donors (Lipinski definition) is 0. The van der Waals surface area contributed by atoms with Gasteiger partial charge in [0, 0.05) is 25.2 Å². The number of rotatable bonds is 8. The lowest BCUT2D eigenvalue weighted by molar-refractivity contribution is -0.396. The number of amides is 1. The van der Waals surface area contributed by atoms with E-state index in [9.17, 15) is 51.6 Å². The molecule has 14 nitrogen and oxygen atoms in total. The Labute approximate surface area is 184 Å². The van der Waals surface area contributed by atoms with Crippen LogP contribution < -0.4 is 0 Å². The van der Waals surface area contributed by atoms with Crippen LogP contribution in [0.4, 0.5) is 25.0 Å². The van der Waals surface area contributed by atoms with E-state index < -0.39 is 73.4 Å². The lowest BCUT2D eigenvalue weighted by atomic mass is 9.97. The minimum atomic E-state index is -6.01. The van der Waals surface area contributed by atoms with Crippen molar-refractivity contribution in [1.29, 1.82) is 0 Å². The van der Waals surface area contributed by atoms with Crippen LogP contribution in [0.1, 0.15) is 18.4 Å². The first kappa shape index (κ1) is 25.8. The van der Waals surface area contributed by atoms with Gasteiger partial charge in [0.1, 0.15) is 12.2 Å². The van der Waals surface area contributed by atoms with Crippen LogP contribution in [0.5, 0.6) is 0 Å². The number of likely N-dealkylation sites (tertiary alicyclic amines) is 1. The Kier molecular flexibility index (Phi) is 7.80. The molecule has 0 aromatic heterocycles. The molecule has 0 radical (unpaired) electrons. The number of esters is 1. The zero-order valence-electron chi connectivity index (χ0n) is 16.5. The topological polar surface area (TPSA) is 199 Å². The summed E-state index contributed by atoms with van der Waals surface area (Å²) in [6, 6.07) is 3.12. The smallest absolute Gasteiger partial charge is 0.410 e. The third-order valence-corrected chi connectivity index (χ3v) is 5.54. The molecule has 1 aliphatic heterocycles. The maximum Gasteiger partial charge on any atom is 0.410 e. The summed E-state index contributed by atoms with van der Waals surface area (Å²) < 4.78 is 66.5. The largest absolute Gasteiger partial charge is 0.743 e. The van der Waals surface area contributed by atoms with E-state index in [0.717, 1.165) is 23.1 Å². The van der Waals surface area contributed by atoms with Crippen molar-refractivity contribution in [3.8, 4) is 0 Å². The number of nitro benzene ring substituents is 2. The van der Waals surface area contributed by atoms with Crippen LogP contribution in [0, 0.1) is 26.1 Å². The number of carbonyl (C=O) groups is 2. The van der Waals surface area contributed by atoms with Crippen molar-refractivity contribution in [1.82, 2.24) is 4.90 Å². The van der Waals surface area contributed by atoms with Crippen LogP contribution in [0.15, 0.2) is 18.2 Å². The van der Waals surface area contributed by atoms with Crippen molar-refractivity contribution in [2.75, 3.05) is 19.7 Å². The molecule has 182 valence electrons. The fourth-order valence-electron chi connectivity index (χ4n) is 2.92. The second-order valence-corrected chi connectivity index (χ2v) is 8.31. The molecule has 1 saturated heterocycles. The number of alkyl halides is 2. The summed E-state index contributed by atoms with van der Waals surface area (Å²) in [5.41, 5.74) is -1.65. The lowest BCUT2D eigenvalue weighted by Gasteiger charge is -2.30. The monoisotopic (exact) mass is 496 g/mol. The Morgan fingerprint density at radius 1 is 1.09 bits per heavy atom. The molecule has 1 fully saturated rings. The second kappa shape index (κ2) is 9.99. The van der Waals surface area contributed by atoms with Crippen LogP contribution in [-0.4, -0.2) is 64.7 Å². The molecule has 0 spiro atoms. The molecule has 17 heteroatoms. The number of hydrogen-bond acceptors (Lipinski definition) is 11. The molecular formula is C16H16F2N3O11S-. The van der Waals surface area contributed by atoms with E-state index in [1.165, 1.54) is 0 Å². The Hall–Kier alpha value is -3.47. The van der Waals surface area contributed by atoms with Crippen molar-refractivity contribution in [3.63, 3.8) is 0 Å². The van der Waals surface area contributed by atoms with Gasteiger partial charge in [-0.2, -0.15) is 8.78 Å². The highest BCUT2D eigenvalue weighted by molar-refractivity contribution is 7.86. The fourth-order valence-corrected chi connectivity index (χ4v) is 3.12. The predicted octanol–water partition coefficient (Wildman–Crippen LogP) is 1.53. The second-order valence-electron chi connectivity index (χ2n) is 6.80. The summed E-state index contributed by atoms with van der Waals surface area (Å²) in [6.45, 7) is -2.94.